The topological polar surface area (TPSA) is 27.7 Å². The van der Waals surface area contributed by atoms with E-state index in [0.717, 1.165) is 18.4 Å². The minimum absolute atomic E-state index is 0.108. The van der Waals surface area contributed by atoms with Crippen LogP contribution in [0.15, 0.2) is 0 Å². The van der Waals surface area contributed by atoms with Crippen LogP contribution < -0.4 is 0 Å². The average molecular weight is 281 g/mol. The fourth-order valence-corrected chi connectivity index (χ4v) is 1.93. The van der Waals surface area contributed by atoms with Gasteiger partial charge in [0.2, 0.25) is 0 Å². The van der Waals surface area contributed by atoms with Crippen LogP contribution in [-0.2, 0) is 14.2 Å². The van der Waals surface area contributed by atoms with Gasteiger partial charge in [0.15, 0.2) is 5.79 Å². The molecule has 0 radical (unpaired) electrons. The Labute approximate surface area is 101 Å². The first-order valence-electron chi connectivity index (χ1n) is 5.59. The summed E-state index contributed by atoms with van der Waals surface area (Å²) in [4.78, 5) is 0. The molecule has 0 N–H and O–H groups in total. The van der Waals surface area contributed by atoms with Crippen molar-refractivity contribution in [3.05, 3.63) is 0 Å². The van der Waals surface area contributed by atoms with Crippen molar-refractivity contribution in [1.82, 2.24) is 0 Å². The molecule has 1 fully saturated rings. The van der Waals surface area contributed by atoms with Crippen LogP contribution in [-0.4, -0.2) is 37.0 Å². The minimum Gasteiger partial charge on any atom is -0.379 e. The van der Waals surface area contributed by atoms with Gasteiger partial charge in [0, 0.05) is 11.9 Å². The Morgan fingerprint density at radius 3 is 2.73 bits per heavy atom. The van der Waals surface area contributed by atoms with E-state index in [0.29, 0.717) is 13.2 Å². The highest BCUT2D eigenvalue weighted by Gasteiger charge is 2.32. The first-order chi connectivity index (χ1) is 7.14. The van der Waals surface area contributed by atoms with Gasteiger partial charge in [-0.2, -0.15) is 0 Å². The summed E-state index contributed by atoms with van der Waals surface area (Å²) < 4.78 is 16.6. The zero-order valence-corrected chi connectivity index (χ0v) is 11.2. The smallest absolute Gasteiger partial charge is 0.163 e. The van der Waals surface area contributed by atoms with Crippen LogP contribution in [0, 0.1) is 0 Å². The maximum Gasteiger partial charge on any atom is 0.163 e. The van der Waals surface area contributed by atoms with E-state index in [2.05, 4.69) is 15.9 Å². The molecule has 4 heteroatoms. The van der Waals surface area contributed by atoms with Crippen molar-refractivity contribution >= 4 is 15.9 Å². The summed E-state index contributed by atoms with van der Waals surface area (Å²) in [7, 11) is 0. The van der Waals surface area contributed by atoms with Crippen molar-refractivity contribution in [1.29, 1.82) is 0 Å². The molecular weight excluding hydrogens is 260 g/mol. The van der Waals surface area contributed by atoms with Crippen molar-refractivity contribution in [3.63, 3.8) is 0 Å². The van der Waals surface area contributed by atoms with Crippen LogP contribution in [0.3, 0.4) is 0 Å². The van der Waals surface area contributed by atoms with E-state index in [1.165, 1.54) is 12.8 Å². The van der Waals surface area contributed by atoms with E-state index in [1.54, 1.807) is 0 Å². The van der Waals surface area contributed by atoms with Crippen LogP contribution in [0.1, 0.15) is 33.1 Å². The normalized spacial score (nSPS) is 24.6. The number of halogens is 1. The first-order valence-corrected chi connectivity index (χ1v) is 6.72. The van der Waals surface area contributed by atoms with Crippen LogP contribution >= 0.6 is 15.9 Å². The van der Waals surface area contributed by atoms with Crippen LogP contribution in [0.25, 0.3) is 0 Å². The van der Waals surface area contributed by atoms with Crippen LogP contribution in [0.2, 0.25) is 0 Å². The van der Waals surface area contributed by atoms with E-state index in [1.807, 2.05) is 13.8 Å². The van der Waals surface area contributed by atoms with Gasteiger partial charge in [-0.25, -0.2) is 0 Å². The van der Waals surface area contributed by atoms with Gasteiger partial charge >= 0.3 is 0 Å². The largest absolute Gasteiger partial charge is 0.379 e. The number of rotatable bonds is 7. The van der Waals surface area contributed by atoms with E-state index in [4.69, 9.17) is 14.2 Å². The molecule has 0 aliphatic carbocycles. The Bertz CT molecular complexity index is 173. The summed E-state index contributed by atoms with van der Waals surface area (Å²) in [5.41, 5.74) is 0. The third-order valence-corrected chi connectivity index (χ3v) is 2.85. The third kappa shape index (κ3) is 5.85. The molecule has 15 heavy (non-hydrogen) atoms. The molecule has 0 unspecified atom stereocenters. The Kier molecular flexibility index (Phi) is 6.12. The first kappa shape index (κ1) is 13.4. The van der Waals surface area contributed by atoms with Crippen molar-refractivity contribution in [2.24, 2.45) is 0 Å². The van der Waals surface area contributed by atoms with Gasteiger partial charge in [-0.15, -0.1) is 0 Å². The number of unbranched alkanes of at least 4 members (excludes halogenated alkanes) is 2. The number of ether oxygens (including phenoxy) is 3. The fraction of sp³-hybridized carbons (Fsp3) is 1.00. The molecule has 1 heterocycles. The fourth-order valence-electron chi connectivity index (χ4n) is 1.54. The summed E-state index contributed by atoms with van der Waals surface area (Å²) in [5, 5.41) is 1.08. The Morgan fingerprint density at radius 2 is 2.13 bits per heavy atom. The number of alkyl halides is 1. The number of hydrogen-bond donors (Lipinski definition) is 0. The zero-order chi connectivity index (χ0) is 11.1. The quantitative estimate of drug-likeness (QED) is 0.530. The summed E-state index contributed by atoms with van der Waals surface area (Å²) in [5.74, 6) is -0.427. The van der Waals surface area contributed by atoms with E-state index in [-0.39, 0.29) is 6.10 Å². The molecular formula is C11H21BrO3. The highest BCUT2D eigenvalue weighted by atomic mass is 79.9. The minimum atomic E-state index is -0.427. The van der Waals surface area contributed by atoms with Gasteiger partial charge in [0.1, 0.15) is 6.10 Å². The molecule has 0 aromatic heterocycles. The number of hydrogen-bond acceptors (Lipinski definition) is 3. The van der Waals surface area contributed by atoms with Crippen LogP contribution in [0.4, 0.5) is 0 Å². The van der Waals surface area contributed by atoms with Gasteiger partial charge in [0.05, 0.1) is 13.2 Å². The SMILES string of the molecule is CC1(C)OC[C@H](COCCCCCBr)O1. The van der Waals surface area contributed by atoms with Gasteiger partial charge < -0.3 is 14.2 Å². The van der Waals surface area contributed by atoms with Gasteiger partial charge in [-0.1, -0.05) is 22.4 Å². The second-order valence-electron chi connectivity index (χ2n) is 4.28. The lowest BCUT2D eigenvalue weighted by Crippen LogP contribution is -2.24. The Hall–Kier alpha value is 0.360. The molecule has 0 spiro atoms. The monoisotopic (exact) mass is 280 g/mol. The third-order valence-electron chi connectivity index (χ3n) is 2.29. The maximum atomic E-state index is 5.62. The second-order valence-corrected chi connectivity index (χ2v) is 5.07. The Balaban J connectivity index is 1.93. The molecule has 0 saturated carbocycles. The second kappa shape index (κ2) is 6.84. The maximum absolute atomic E-state index is 5.62. The van der Waals surface area contributed by atoms with E-state index in [9.17, 15) is 0 Å². The van der Waals surface area contributed by atoms with Crippen molar-refractivity contribution < 1.29 is 14.2 Å². The Morgan fingerprint density at radius 1 is 1.33 bits per heavy atom. The van der Waals surface area contributed by atoms with E-state index >= 15 is 0 Å². The highest BCUT2D eigenvalue weighted by Crippen LogP contribution is 2.22. The standard InChI is InChI=1S/C11H21BrO3/c1-11(2)14-9-10(15-11)8-13-7-5-3-4-6-12/h10H,3-9H2,1-2H3/t10-/m0/s1. The van der Waals surface area contributed by atoms with E-state index < -0.39 is 5.79 Å². The molecule has 1 rings (SSSR count). The molecule has 1 saturated heterocycles. The molecule has 90 valence electrons. The highest BCUT2D eigenvalue weighted by molar-refractivity contribution is 9.09. The van der Waals surface area contributed by atoms with Gasteiger partial charge in [-0.3, -0.25) is 0 Å². The van der Waals surface area contributed by atoms with Crippen molar-refractivity contribution in [2.75, 3.05) is 25.2 Å². The molecule has 0 bridgehead atoms. The molecule has 0 amide bonds. The predicted octanol–water partition coefficient (Wildman–Crippen LogP) is 2.72. The lowest BCUT2D eigenvalue weighted by Gasteiger charge is -2.17. The predicted molar refractivity (Wildman–Crippen MR) is 63.4 cm³/mol. The summed E-state index contributed by atoms with van der Waals surface area (Å²) in [6.07, 6.45) is 3.68. The molecule has 3 nitrogen and oxygen atoms in total. The molecule has 0 aromatic rings. The lowest BCUT2D eigenvalue weighted by molar-refractivity contribution is -0.145. The summed E-state index contributed by atoms with van der Waals surface area (Å²) in [6, 6.07) is 0. The van der Waals surface area contributed by atoms with Crippen molar-refractivity contribution in [3.8, 4) is 0 Å². The van der Waals surface area contributed by atoms with Gasteiger partial charge in [0.25, 0.3) is 0 Å². The average Bonchev–Trinajstić information content (AvgIpc) is 2.52. The molecule has 1 aliphatic rings. The molecule has 0 aromatic carbocycles. The zero-order valence-electron chi connectivity index (χ0n) is 9.63. The summed E-state index contributed by atoms with van der Waals surface area (Å²) >= 11 is 3.41. The van der Waals surface area contributed by atoms with Crippen molar-refractivity contribution in [2.45, 2.75) is 45.0 Å². The van der Waals surface area contributed by atoms with Crippen LogP contribution in [0.5, 0.6) is 0 Å². The van der Waals surface area contributed by atoms with Gasteiger partial charge in [-0.05, 0) is 26.7 Å². The summed E-state index contributed by atoms with van der Waals surface area (Å²) in [6.45, 7) is 5.99. The molecule has 1 atom stereocenters. The lowest BCUT2D eigenvalue weighted by atomic mass is 10.3. The molecule has 1 aliphatic heterocycles.